The molecule has 2 atom stereocenters. The molecule has 8 heteroatoms. The molecule has 4 amide bonds. The number of carbonyl (C=O) groups excluding carboxylic acids is 3. The minimum atomic E-state index is -0.468. The lowest BCUT2D eigenvalue weighted by molar-refractivity contribution is -0.143. The third-order valence-electron chi connectivity index (χ3n) is 4.91. The lowest BCUT2D eigenvalue weighted by Gasteiger charge is -2.28. The number of rotatable bonds is 6. The van der Waals surface area contributed by atoms with Gasteiger partial charge >= 0.3 is 6.03 Å². The molecule has 3 rings (SSSR count). The van der Waals surface area contributed by atoms with E-state index in [-0.39, 0.29) is 30.4 Å². The van der Waals surface area contributed by atoms with E-state index in [4.69, 9.17) is 4.74 Å². The van der Waals surface area contributed by atoms with Gasteiger partial charge in [0.15, 0.2) is 0 Å². The van der Waals surface area contributed by atoms with Gasteiger partial charge in [-0.3, -0.25) is 9.59 Å². The van der Waals surface area contributed by atoms with Crippen molar-refractivity contribution < 1.29 is 19.1 Å². The molecule has 2 fully saturated rings. The molecule has 0 radical (unpaired) electrons. The van der Waals surface area contributed by atoms with E-state index in [0.29, 0.717) is 32.5 Å². The molecular formula is C19H26N4O4. The summed E-state index contributed by atoms with van der Waals surface area (Å²) in [5.74, 6) is 0.582. The van der Waals surface area contributed by atoms with Crippen molar-refractivity contribution in [3.63, 3.8) is 0 Å². The quantitative estimate of drug-likeness (QED) is 0.710. The van der Waals surface area contributed by atoms with Crippen molar-refractivity contribution in [2.75, 3.05) is 33.3 Å². The van der Waals surface area contributed by atoms with Crippen LogP contribution in [0, 0.1) is 6.92 Å². The highest BCUT2D eigenvalue weighted by Gasteiger charge is 2.42. The first-order chi connectivity index (χ1) is 12.9. The number of amides is 4. The number of fused-ring (bicyclic) bond motifs is 1. The van der Waals surface area contributed by atoms with Gasteiger partial charge in [-0.1, -0.05) is 12.1 Å². The van der Waals surface area contributed by atoms with Crippen molar-refractivity contribution in [3.05, 3.63) is 29.8 Å². The third kappa shape index (κ3) is 4.69. The smallest absolute Gasteiger partial charge is 0.317 e. The zero-order chi connectivity index (χ0) is 19.4. The first kappa shape index (κ1) is 19.0. The van der Waals surface area contributed by atoms with Gasteiger partial charge in [-0.05, 0) is 37.5 Å². The molecule has 146 valence electrons. The van der Waals surface area contributed by atoms with Crippen molar-refractivity contribution in [1.29, 1.82) is 0 Å². The summed E-state index contributed by atoms with van der Waals surface area (Å²) in [5, 5.41) is 5.50. The molecular weight excluding hydrogens is 348 g/mol. The molecule has 0 unspecified atom stereocenters. The average molecular weight is 374 g/mol. The second kappa shape index (κ2) is 8.28. The molecule has 2 aliphatic heterocycles. The van der Waals surface area contributed by atoms with Crippen molar-refractivity contribution in [3.8, 4) is 5.75 Å². The van der Waals surface area contributed by atoms with E-state index in [2.05, 4.69) is 10.6 Å². The minimum absolute atomic E-state index is 0.0385. The Kier molecular flexibility index (Phi) is 5.83. The summed E-state index contributed by atoms with van der Waals surface area (Å²) in [6.45, 7) is 3.51. The molecule has 0 aromatic heterocycles. The molecule has 1 aromatic rings. The molecule has 2 saturated heterocycles. The summed E-state index contributed by atoms with van der Waals surface area (Å²) in [7, 11) is 1.72. The molecule has 27 heavy (non-hydrogen) atoms. The van der Waals surface area contributed by atoms with Crippen LogP contribution in [0.15, 0.2) is 24.3 Å². The average Bonchev–Trinajstić information content (AvgIpc) is 3.07. The van der Waals surface area contributed by atoms with Crippen LogP contribution in [0.4, 0.5) is 4.79 Å². The molecule has 0 bridgehead atoms. The number of nitrogens with one attached hydrogen (secondary N) is 2. The van der Waals surface area contributed by atoms with Crippen LogP contribution < -0.4 is 15.4 Å². The normalized spacial score (nSPS) is 21.5. The lowest BCUT2D eigenvalue weighted by Crippen LogP contribution is -2.55. The maximum atomic E-state index is 12.3. The Morgan fingerprint density at radius 1 is 1.41 bits per heavy atom. The fourth-order valence-electron chi connectivity index (χ4n) is 3.43. The van der Waals surface area contributed by atoms with E-state index in [0.717, 1.165) is 11.3 Å². The lowest BCUT2D eigenvalue weighted by atomic mass is 10.1. The topological polar surface area (TPSA) is 91.0 Å². The standard InChI is InChI=1S/C19H26N4O4/c1-13-5-3-6-15(9-13)27-8-4-7-22(2)19(26)21-14-10-16-18(25)20-11-17(24)23(16)12-14/h3,5-6,9,14,16H,4,7-8,10-12H2,1-2H3,(H,20,25)(H,21,26)/t14-,16-/m0/s1. The number of urea groups is 1. The zero-order valence-corrected chi connectivity index (χ0v) is 15.7. The highest BCUT2D eigenvalue weighted by Crippen LogP contribution is 2.20. The van der Waals surface area contributed by atoms with E-state index >= 15 is 0 Å². The molecule has 8 nitrogen and oxygen atoms in total. The predicted molar refractivity (Wildman–Crippen MR) is 99.4 cm³/mol. The molecule has 0 spiro atoms. The SMILES string of the molecule is Cc1cccc(OCCCN(C)C(=O)N[C@H]2C[C@H]3C(=O)NCC(=O)N3C2)c1. The summed E-state index contributed by atoms with van der Waals surface area (Å²) in [4.78, 5) is 39.2. The van der Waals surface area contributed by atoms with Gasteiger partial charge in [-0.15, -0.1) is 0 Å². The summed E-state index contributed by atoms with van der Waals surface area (Å²) in [5.41, 5.74) is 1.14. The van der Waals surface area contributed by atoms with Crippen molar-refractivity contribution >= 4 is 17.8 Å². The molecule has 1 aromatic carbocycles. The number of piperazine rings is 1. The predicted octanol–water partition coefficient (Wildman–Crippen LogP) is 0.505. The van der Waals surface area contributed by atoms with Gasteiger partial charge in [0.1, 0.15) is 11.8 Å². The van der Waals surface area contributed by atoms with Crippen LogP contribution in [0.1, 0.15) is 18.4 Å². The van der Waals surface area contributed by atoms with Crippen molar-refractivity contribution in [2.45, 2.75) is 31.8 Å². The third-order valence-corrected chi connectivity index (χ3v) is 4.91. The van der Waals surface area contributed by atoms with Gasteiger partial charge in [0.25, 0.3) is 0 Å². The molecule has 2 heterocycles. The minimum Gasteiger partial charge on any atom is -0.494 e. The summed E-state index contributed by atoms with van der Waals surface area (Å²) < 4.78 is 5.69. The summed E-state index contributed by atoms with van der Waals surface area (Å²) in [6, 6.07) is 6.97. The Morgan fingerprint density at radius 3 is 2.96 bits per heavy atom. The van der Waals surface area contributed by atoms with E-state index in [1.807, 2.05) is 31.2 Å². The fraction of sp³-hybridized carbons (Fsp3) is 0.526. The second-order valence-electron chi connectivity index (χ2n) is 7.10. The van der Waals surface area contributed by atoms with Gasteiger partial charge < -0.3 is 25.2 Å². The Balaban J connectivity index is 1.39. The number of ether oxygens (including phenoxy) is 1. The summed E-state index contributed by atoms with van der Waals surface area (Å²) in [6.07, 6.45) is 1.16. The van der Waals surface area contributed by atoms with Crippen LogP contribution in [0.3, 0.4) is 0 Å². The van der Waals surface area contributed by atoms with E-state index in [9.17, 15) is 14.4 Å². The Labute approximate surface area is 158 Å². The van der Waals surface area contributed by atoms with Gasteiger partial charge in [0.2, 0.25) is 11.8 Å². The molecule has 2 aliphatic rings. The van der Waals surface area contributed by atoms with E-state index < -0.39 is 6.04 Å². The monoisotopic (exact) mass is 374 g/mol. The Morgan fingerprint density at radius 2 is 2.22 bits per heavy atom. The number of hydrogen-bond acceptors (Lipinski definition) is 4. The van der Waals surface area contributed by atoms with Crippen LogP contribution in [0.5, 0.6) is 5.75 Å². The maximum absolute atomic E-state index is 12.3. The van der Waals surface area contributed by atoms with Crippen LogP contribution >= 0.6 is 0 Å². The first-order valence-corrected chi connectivity index (χ1v) is 9.22. The van der Waals surface area contributed by atoms with Crippen molar-refractivity contribution in [1.82, 2.24) is 20.4 Å². The van der Waals surface area contributed by atoms with Gasteiger partial charge in [-0.25, -0.2) is 4.79 Å². The number of nitrogens with zero attached hydrogens (tertiary/aromatic N) is 2. The van der Waals surface area contributed by atoms with E-state index in [1.54, 1.807) is 16.8 Å². The Bertz CT molecular complexity index is 699. The largest absolute Gasteiger partial charge is 0.494 e. The van der Waals surface area contributed by atoms with Crippen LogP contribution in [-0.2, 0) is 9.59 Å². The first-order valence-electron chi connectivity index (χ1n) is 9.22. The highest BCUT2D eigenvalue weighted by molar-refractivity contribution is 5.95. The van der Waals surface area contributed by atoms with Crippen LogP contribution in [0.2, 0.25) is 0 Å². The van der Waals surface area contributed by atoms with Gasteiger partial charge in [0.05, 0.1) is 19.2 Å². The van der Waals surface area contributed by atoms with Gasteiger partial charge in [0, 0.05) is 20.1 Å². The number of aryl methyl sites for hydroxylation is 1. The number of carbonyl (C=O) groups is 3. The maximum Gasteiger partial charge on any atom is 0.317 e. The fourth-order valence-corrected chi connectivity index (χ4v) is 3.43. The highest BCUT2D eigenvalue weighted by atomic mass is 16.5. The number of benzene rings is 1. The second-order valence-corrected chi connectivity index (χ2v) is 7.10. The molecule has 0 aliphatic carbocycles. The van der Waals surface area contributed by atoms with Crippen LogP contribution in [-0.4, -0.2) is 73.0 Å². The Hall–Kier alpha value is -2.77. The van der Waals surface area contributed by atoms with E-state index in [1.165, 1.54) is 0 Å². The molecule has 0 saturated carbocycles. The zero-order valence-electron chi connectivity index (χ0n) is 15.7. The van der Waals surface area contributed by atoms with Crippen LogP contribution in [0.25, 0.3) is 0 Å². The number of hydrogen-bond donors (Lipinski definition) is 2. The summed E-state index contributed by atoms with van der Waals surface area (Å²) >= 11 is 0. The van der Waals surface area contributed by atoms with Crippen molar-refractivity contribution in [2.24, 2.45) is 0 Å². The molecule has 2 N–H and O–H groups in total. The van der Waals surface area contributed by atoms with Gasteiger partial charge in [-0.2, -0.15) is 0 Å².